The predicted molar refractivity (Wildman–Crippen MR) is 105 cm³/mol. The van der Waals surface area contributed by atoms with E-state index < -0.39 is 0 Å². The number of nitrogens with one attached hydrogen (secondary N) is 2. The molecular formula is C21H24ClN2O3+. The number of carbonyl (C=O) groups excluding carboxylic acids is 1. The molecule has 5 nitrogen and oxygen atoms in total. The normalized spacial score (nSPS) is 21.5. The zero-order valence-corrected chi connectivity index (χ0v) is 15.9. The highest BCUT2D eigenvalue weighted by molar-refractivity contribution is 6.30. The average Bonchev–Trinajstić information content (AvgIpc) is 2.97. The predicted octanol–water partition coefficient (Wildman–Crippen LogP) is 2.86. The van der Waals surface area contributed by atoms with E-state index in [1.54, 1.807) is 12.1 Å². The van der Waals surface area contributed by atoms with E-state index in [0.29, 0.717) is 30.8 Å². The highest BCUT2D eigenvalue weighted by Gasteiger charge is 2.32. The van der Waals surface area contributed by atoms with Gasteiger partial charge in [0.25, 0.3) is 5.91 Å². The molecule has 2 aromatic rings. The summed E-state index contributed by atoms with van der Waals surface area (Å²) in [6.45, 7) is 2.80. The molecule has 4 rings (SSSR count). The highest BCUT2D eigenvalue weighted by Crippen LogP contribution is 2.33. The van der Waals surface area contributed by atoms with Crippen molar-refractivity contribution in [1.29, 1.82) is 0 Å². The summed E-state index contributed by atoms with van der Waals surface area (Å²) in [6, 6.07) is 13.7. The van der Waals surface area contributed by atoms with Gasteiger partial charge in [0.05, 0.1) is 19.8 Å². The Hall–Kier alpha value is -2.24. The average molecular weight is 388 g/mol. The molecule has 2 heterocycles. The quantitative estimate of drug-likeness (QED) is 0.848. The Labute approximate surface area is 164 Å². The van der Waals surface area contributed by atoms with Gasteiger partial charge < -0.3 is 19.7 Å². The van der Waals surface area contributed by atoms with Crippen LogP contribution in [-0.2, 0) is 4.79 Å². The van der Waals surface area contributed by atoms with E-state index in [1.807, 2.05) is 18.2 Å². The number of halogens is 1. The van der Waals surface area contributed by atoms with Crippen LogP contribution in [0.1, 0.15) is 30.9 Å². The van der Waals surface area contributed by atoms with Crippen LogP contribution in [0.5, 0.6) is 11.5 Å². The summed E-state index contributed by atoms with van der Waals surface area (Å²) >= 11 is 5.99. The molecule has 0 aromatic heterocycles. The van der Waals surface area contributed by atoms with Crippen LogP contribution in [-0.4, -0.2) is 32.2 Å². The Morgan fingerprint density at radius 1 is 1.11 bits per heavy atom. The number of quaternary nitrogens is 1. The third-order valence-electron chi connectivity index (χ3n) is 5.15. The number of anilines is 1. The monoisotopic (exact) mass is 387 g/mol. The summed E-state index contributed by atoms with van der Waals surface area (Å²) in [5, 5.41) is 3.57. The van der Waals surface area contributed by atoms with Gasteiger partial charge >= 0.3 is 0 Å². The van der Waals surface area contributed by atoms with Gasteiger partial charge in [-0.1, -0.05) is 17.7 Å². The van der Waals surface area contributed by atoms with Crippen LogP contribution in [0.3, 0.4) is 0 Å². The number of likely N-dealkylation sites (tertiary alicyclic amines) is 1. The summed E-state index contributed by atoms with van der Waals surface area (Å²) in [5.41, 5.74) is 1.94. The number of benzene rings is 2. The molecule has 0 radical (unpaired) electrons. The summed E-state index contributed by atoms with van der Waals surface area (Å²) in [5.74, 6) is 1.64. The molecule has 6 heteroatoms. The van der Waals surface area contributed by atoms with Gasteiger partial charge in [0.2, 0.25) is 0 Å². The standard InChI is InChI=1S/C21H23ClN2O3/c22-16-4-1-5-17(13-16)23-21(25)14-24-9-2-6-18(24)15-7-8-19-20(12-15)27-11-3-10-26-19/h1,4-5,7-8,12-13,18H,2-3,6,9-11,14H2,(H,23,25)/p+1/t18-/m1/s1. The molecule has 2 atom stereocenters. The first-order valence-corrected chi connectivity index (χ1v) is 9.86. The zero-order chi connectivity index (χ0) is 18.6. The molecular weight excluding hydrogens is 364 g/mol. The lowest BCUT2D eigenvalue weighted by Crippen LogP contribution is -3.11. The minimum absolute atomic E-state index is 0.00788. The number of hydrogen-bond acceptors (Lipinski definition) is 3. The minimum Gasteiger partial charge on any atom is -0.490 e. The minimum atomic E-state index is 0.00788. The maximum atomic E-state index is 12.5. The van der Waals surface area contributed by atoms with Gasteiger partial charge in [-0.2, -0.15) is 0 Å². The van der Waals surface area contributed by atoms with Gasteiger partial charge in [0.15, 0.2) is 18.0 Å². The van der Waals surface area contributed by atoms with Gasteiger partial charge in [0.1, 0.15) is 6.04 Å². The highest BCUT2D eigenvalue weighted by atomic mass is 35.5. The molecule has 2 N–H and O–H groups in total. The topological polar surface area (TPSA) is 52.0 Å². The largest absolute Gasteiger partial charge is 0.490 e. The number of amides is 1. The van der Waals surface area contributed by atoms with Crippen molar-refractivity contribution in [2.75, 3.05) is 31.6 Å². The Kier molecular flexibility index (Phi) is 5.50. The second-order valence-corrected chi connectivity index (χ2v) is 7.53. The van der Waals surface area contributed by atoms with E-state index in [-0.39, 0.29) is 5.91 Å². The van der Waals surface area contributed by atoms with Crippen molar-refractivity contribution in [1.82, 2.24) is 0 Å². The summed E-state index contributed by atoms with van der Waals surface area (Å²) in [6.07, 6.45) is 3.08. The van der Waals surface area contributed by atoms with Gasteiger partial charge in [-0.3, -0.25) is 4.79 Å². The fourth-order valence-corrected chi connectivity index (χ4v) is 4.09. The van der Waals surface area contributed by atoms with E-state index in [2.05, 4.69) is 17.4 Å². The van der Waals surface area contributed by atoms with Crippen LogP contribution in [0, 0.1) is 0 Å². The van der Waals surface area contributed by atoms with Gasteiger partial charge in [-0.25, -0.2) is 0 Å². The lowest BCUT2D eigenvalue weighted by molar-refractivity contribution is -0.910. The molecule has 1 unspecified atom stereocenters. The molecule has 0 saturated carbocycles. The second kappa shape index (κ2) is 8.19. The maximum absolute atomic E-state index is 12.5. The van der Waals surface area contributed by atoms with Crippen LogP contribution in [0.4, 0.5) is 5.69 Å². The number of hydrogen-bond donors (Lipinski definition) is 2. The number of ether oxygens (including phenoxy) is 2. The maximum Gasteiger partial charge on any atom is 0.279 e. The van der Waals surface area contributed by atoms with Crippen molar-refractivity contribution in [3.63, 3.8) is 0 Å². The molecule has 142 valence electrons. The molecule has 2 aliphatic rings. The van der Waals surface area contributed by atoms with Crippen molar-refractivity contribution in [3.8, 4) is 11.5 Å². The van der Waals surface area contributed by atoms with E-state index in [0.717, 1.165) is 43.0 Å². The molecule has 1 fully saturated rings. The third kappa shape index (κ3) is 4.37. The zero-order valence-electron chi connectivity index (χ0n) is 15.2. The number of carbonyl (C=O) groups is 1. The van der Waals surface area contributed by atoms with E-state index in [9.17, 15) is 4.79 Å². The van der Waals surface area contributed by atoms with Crippen molar-refractivity contribution in [2.45, 2.75) is 25.3 Å². The molecule has 2 aromatic carbocycles. The van der Waals surface area contributed by atoms with Crippen LogP contribution < -0.4 is 19.7 Å². The van der Waals surface area contributed by atoms with Crippen LogP contribution in [0.15, 0.2) is 42.5 Å². The number of rotatable bonds is 4. The van der Waals surface area contributed by atoms with E-state index >= 15 is 0 Å². The first-order valence-electron chi connectivity index (χ1n) is 9.48. The van der Waals surface area contributed by atoms with Crippen molar-refractivity contribution >= 4 is 23.2 Å². The lowest BCUT2D eigenvalue weighted by Gasteiger charge is -2.22. The van der Waals surface area contributed by atoms with Gasteiger partial charge in [-0.05, 0) is 36.4 Å². The molecule has 0 bridgehead atoms. The Morgan fingerprint density at radius 2 is 1.96 bits per heavy atom. The summed E-state index contributed by atoms with van der Waals surface area (Å²) < 4.78 is 11.6. The van der Waals surface area contributed by atoms with E-state index in [4.69, 9.17) is 21.1 Å². The molecule has 2 aliphatic heterocycles. The third-order valence-corrected chi connectivity index (χ3v) is 5.39. The summed E-state index contributed by atoms with van der Waals surface area (Å²) in [4.78, 5) is 13.8. The van der Waals surface area contributed by atoms with E-state index in [1.165, 1.54) is 10.5 Å². The second-order valence-electron chi connectivity index (χ2n) is 7.10. The smallest absolute Gasteiger partial charge is 0.279 e. The van der Waals surface area contributed by atoms with Crippen molar-refractivity contribution in [3.05, 3.63) is 53.1 Å². The fourth-order valence-electron chi connectivity index (χ4n) is 3.90. The molecule has 1 amide bonds. The first kappa shape index (κ1) is 18.1. The molecule has 0 aliphatic carbocycles. The Bertz CT molecular complexity index is 827. The fraction of sp³-hybridized carbons (Fsp3) is 0.381. The van der Waals surface area contributed by atoms with Crippen LogP contribution >= 0.6 is 11.6 Å². The van der Waals surface area contributed by atoms with Crippen molar-refractivity contribution < 1.29 is 19.2 Å². The van der Waals surface area contributed by atoms with Gasteiger partial charge in [-0.15, -0.1) is 0 Å². The van der Waals surface area contributed by atoms with Crippen LogP contribution in [0.2, 0.25) is 5.02 Å². The molecule has 27 heavy (non-hydrogen) atoms. The van der Waals surface area contributed by atoms with Gasteiger partial charge in [0, 0.05) is 35.5 Å². The lowest BCUT2D eigenvalue weighted by atomic mass is 10.0. The Balaban J connectivity index is 1.44. The van der Waals surface area contributed by atoms with Crippen molar-refractivity contribution in [2.24, 2.45) is 0 Å². The number of fused-ring (bicyclic) bond motifs is 1. The molecule has 1 saturated heterocycles. The first-order chi connectivity index (χ1) is 13.2. The molecule has 0 spiro atoms. The SMILES string of the molecule is O=C(C[NH+]1CCC[C@@H]1c1ccc2c(c1)OCCCO2)Nc1cccc(Cl)c1. The summed E-state index contributed by atoms with van der Waals surface area (Å²) in [7, 11) is 0. The Morgan fingerprint density at radius 3 is 2.81 bits per heavy atom. The van der Waals surface area contributed by atoms with Crippen LogP contribution in [0.25, 0.3) is 0 Å².